The van der Waals surface area contributed by atoms with Gasteiger partial charge in [0.2, 0.25) is 0 Å². The van der Waals surface area contributed by atoms with Gasteiger partial charge < -0.3 is 0 Å². The van der Waals surface area contributed by atoms with Gasteiger partial charge in [0, 0.05) is 12.0 Å². The second-order valence-corrected chi connectivity index (χ2v) is 1.98. The molecule has 0 N–H and O–H groups in total. The van der Waals surface area contributed by atoms with Crippen LogP contribution in [0, 0.1) is 6.42 Å². The standard InChI is InChI=1S/C8H6O2/c9-5-7-2-1-3-8(4-7)6-10/h2,4-6H,3H2. The van der Waals surface area contributed by atoms with Crippen LogP contribution >= 0.6 is 0 Å². The van der Waals surface area contributed by atoms with Crippen molar-refractivity contribution in [2.45, 2.75) is 6.42 Å². The van der Waals surface area contributed by atoms with Crippen LogP contribution in [0.3, 0.4) is 0 Å². The Kier molecular flexibility index (Phi) is 2.15. The topological polar surface area (TPSA) is 34.1 Å². The van der Waals surface area contributed by atoms with Crippen molar-refractivity contribution in [3.8, 4) is 0 Å². The summed E-state index contributed by atoms with van der Waals surface area (Å²) in [6.07, 6.45) is 7.90. The lowest BCUT2D eigenvalue weighted by Crippen LogP contribution is -1.94. The average molecular weight is 134 g/mol. The van der Waals surface area contributed by atoms with E-state index in [9.17, 15) is 9.59 Å². The molecular formula is C8H6O2. The molecule has 0 amide bonds. The predicted molar refractivity (Wildman–Crippen MR) is 36.2 cm³/mol. The van der Waals surface area contributed by atoms with Crippen LogP contribution in [0.25, 0.3) is 0 Å². The van der Waals surface area contributed by atoms with E-state index in [2.05, 4.69) is 6.42 Å². The molecule has 2 nitrogen and oxygen atoms in total. The first-order valence-electron chi connectivity index (χ1n) is 2.91. The molecule has 0 bridgehead atoms. The highest BCUT2D eigenvalue weighted by atomic mass is 16.1. The third-order valence-corrected chi connectivity index (χ3v) is 1.21. The zero-order valence-corrected chi connectivity index (χ0v) is 5.33. The van der Waals surface area contributed by atoms with E-state index in [1.807, 2.05) is 0 Å². The zero-order chi connectivity index (χ0) is 7.40. The molecule has 10 heavy (non-hydrogen) atoms. The van der Waals surface area contributed by atoms with Crippen LogP contribution in [0.5, 0.6) is 0 Å². The molecular weight excluding hydrogens is 128 g/mol. The highest BCUT2D eigenvalue weighted by molar-refractivity contribution is 5.84. The number of carbonyl (C=O) groups is 2. The first kappa shape index (κ1) is 6.93. The average Bonchev–Trinajstić information content (AvgIpc) is 2.05. The summed E-state index contributed by atoms with van der Waals surface area (Å²) in [4.78, 5) is 20.3. The normalized spacial score (nSPS) is 17.2. The van der Waals surface area contributed by atoms with E-state index in [0.717, 1.165) is 6.29 Å². The highest BCUT2D eigenvalue weighted by Gasteiger charge is 2.02. The molecule has 2 radical (unpaired) electrons. The molecule has 2 heteroatoms. The Hall–Kier alpha value is -1.18. The maximum atomic E-state index is 10.2. The molecule has 1 aliphatic rings. The predicted octanol–water partition coefficient (Wildman–Crippen LogP) is 0.722. The lowest BCUT2D eigenvalue weighted by molar-refractivity contribution is -0.105. The van der Waals surface area contributed by atoms with Crippen molar-refractivity contribution in [3.05, 3.63) is 29.7 Å². The molecule has 1 rings (SSSR count). The van der Waals surface area contributed by atoms with Crippen LogP contribution < -0.4 is 0 Å². The SMILES string of the molecule is O=CC1=C[C]CC(C=O)=C1. The maximum Gasteiger partial charge on any atom is 0.149 e. The number of hydrogen-bond acceptors (Lipinski definition) is 2. The Morgan fingerprint density at radius 3 is 2.80 bits per heavy atom. The minimum absolute atomic E-state index is 0.508. The van der Waals surface area contributed by atoms with E-state index < -0.39 is 0 Å². The van der Waals surface area contributed by atoms with Gasteiger partial charge >= 0.3 is 0 Å². The van der Waals surface area contributed by atoms with Crippen molar-refractivity contribution in [1.82, 2.24) is 0 Å². The Balaban J connectivity index is 2.79. The van der Waals surface area contributed by atoms with Gasteiger partial charge in [-0.25, -0.2) is 0 Å². The van der Waals surface area contributed by atoms with E-state index in [0.29, 0.717) is 23.9 Å². The molecule has 0 heterocycles. The quantitative estimate of drug-likeness (QED) is 0.521. The first-order chi connectivity index (χ1) is 4.86. The Morgan fingerprint density at radius 1 is 1.40 bits per heavy atom. The minimum atomic E-state index is 0.508. The molecule has 0 aromatic rings. The van der Waals surface area contributed by atoms with Gasteiger partial charge in [0.05, 0.1) is 0 Å². The van der Waals surface area contributed by atoms with Crippen LogP contribution in [-0.2, 0) is 9.59 Å². The molecule has 0 spiro atoms. The summed E-state index contributed by atoms with van der Waals surface area (Å²) in [7, 11) is 0. The van der Waals surface area contributed by atoms with Crippen molar-refractivity contribution in [2.75, 3.05) is 0 Å². The smallest absolute Gasteiger partial charge is 0.149 e. The molecule has 0 aromatic heterocycles. The van der Waals surface area contributed by atoms with Crippen LogP contribution in [0.15, 0.2) is 23.3 Å². The fraction of sp³-hybridized carbons (Fsp3) is 0.125. The summed E-state index contributed by atoms with van der Waals surface area (Å²) in [5, 5.41) is 0. The van der Waals surface area contributed by atoms with E-state index >= 15 is 0 Å². The van der Waals surface area contributed by atoms with Gasteiger partial charge in [0.25, 0.3) is 0 Å². The van der Waals surface area contributed by atoms with Crippen LogP contribution in [0.2, 0.25) is 0 Å². The number of rotatable bonds is 2. The summed E-state index contributed by atoms with van der Waals surface area (Å²) in [5.41, 5.74) is 1.11. The molecule has 0 aromatic carbocycles. The molecule has 0 aliphatic heterocycles. The summed E-state index contributed by atoms with van der Waals surface area (Å²) in [6, 6.07) is 0. The van der Waals surface area contributed by atoms with Crippen molar-refractivity contribution in [3.63, 3.8) is 0 Å². The molecule has 0 unspecified atom stereocenters. The largest absolute Gasteiger partial charge is 0.298 e. The molecule has 0 saturated carbocycles. The lowest BCUT2D eigenvalue weighted by Gasteiger charge is -2.02. The van der Waals surface area contributed by atoms with Gasteiger partial charge in [0.1, 0.15) is 12.6 Å². The zero-order valence-electron chi connectivity index (χ0n) is 5.33. The minimum Gasteiger partial charge on any atom is -0.298 e. The summed E-state index contributed by atoms with van der Waals surface area (Å²) >= 11 is 0. The van der Waals surface area contributed by atoms with Gasteiger partial charge in [-0.15, -0.1) is 0 Å². The number of hydrogen-bond donors (Lipinski definition) is 0. The van der Waals surface area contributed by atoms with Crippen LogP contribution in [0.4, 0.5) is 0 Å². The fourth-order valence-corrected chi connectivity index (χ4v) is 0.737. The second kappa shape index (κ2) is 3.11. The summed E-state index contributed by atoms with van der Waals surface area (Å²) < 4.78 is 0. The van der Waals surface area contributed by atoms with Crippen LogP contribution in [0.1, 0.15) is 6.42 Å². The Morgan fingerprint density at radius 2 is 2.20 bits per heavy atom. The fourth-order valence-electron chi connectivity index (χ4n) is 0.737. The van der Waals surface area contributed by atoms with Crippen molar-refractivity contribution in [2.24, 2.45) is 0 Å². The number of aldehydes is 2. The van der Waals surface area contributed by atoms with E-state index in [1.54, 1.807) is 12.2 Å². The molecule has 0 atom stereocenters. The number of allylic oxidation sites excluding steroid dienone is 4. The van der Waals surface area contributed by atoms with Gasteiger partial charge in [-0.05, 0) is 18.1 Å². The van der Waals surface area contributed by atoms with Crippen molar-refractivity contribution >= 4 is 12.6 Å². The maximum absolute atomic E-state index is 10.2. The van der Waals surface area contributed by atoms with Crippen molar-refractivity contribution in [1.29, 1.82) is 0 Å². The summed E-state index contributed by atoms with van der Waals surface area (Å²) in [5.74, 6) is 0. The van der Waals surface area contributed by atoms with E-state index in [-0.39, 0.29) is 0 Å². The number of carbonyl (C=O) groups excluding carboxylic acids is 2. The lowest BCUT2D eigenvalue weighted by atomic mass is 10.0. The molecule has 0 fully saturated rings. The van der Waals surface area contributed by atoms with E-state index in [1.165, 1.54) is 0 Å². The third kappa shape index (κ3) is 1.41. The van der Waals surface area contributed by atoms with Gasteiger partial charge in [-0.1, -0.05) is 6.08 Å². The van der Waals surface area contributed by atoms with Gasteiger partial charge in [-0.3, -0.25) is 9.59 Å². The highest BCUT2D eigenvalue weighted by Crippen LogP contribution is 2.12. The van der Waals surface area contributed by atoms with E-state index in [4.69, 9.17) is 0 Å². The van der Waals surface area contributed by atoms with Crippen LogP contribution in [-0.4, -0.2) is 12.6 Å². The Bertz CT molecular complexity index is 211. The molecule has 0 saturated heterocycles. The Labute approximate surface area is 59.2 Å². The monoisotopic (exact) mass is 134 g/mol. The first-order valence-corrected chi connectivity index (χ1v) is 2.91. The second-order valence-electron chi connectivity index (χ2n) is 1.98. The molecule has 50 valence electrons. The summed E-state index contributed by atoms with van der Waals surface area (Å²) in [6.45, 7) is 0. The third-order valence-electron chi connectivity index (χ3n) is 1.21. The van der Waals surface area contributed by atoms with Gasteiger partial charge in [0.15, 0.2) is 0 Å². The van der Waals surface area contributed by atoms with Gasteiger partial charge in [-0.2, -0.15) is 0 Å². The molecule has 1 aliphatic carbocycles. The van der Waals surface area contributed by atoms with Crippen molar-refractivity contribution < 1.29 is 9.59 Å².